The molecule has 0 N–H and O–H groups in total. The number of furan rings is 1. The molecule has 4 rings (SSSR count). The van der Waals surface area contributed by atoms with E-state index in [9.17, 15) is 0 Å². The Morgan fingerprint density at radius 2 is 2.08 bits per heavy atom. The molecule has 0 amide bonds. The van der Waals surface area contributed by atoms with Crippen LogP contribution in [0.2, 0.25) is 0 Å². The monoisotopic (exact) mass is 331 g/mol. The largest absolute Gasteiger partial charge is 0.468 e. The molecule has 1 aliphatic carbocycles. The lowest BCUT2D eigenvalue weighted by Crippen LogP contribution is -2.32. The maximum absolute atomic E-state index is 5.82. The van der Waals surface area contributed by atoms with E-state index < -0.39 is 0 Å². The van der Waals surface area contributed by atoms with Gasteiger partial charge in [-0.25, -0.2) is 4.68 Å². The summed E-state index contributed by atoms with van der Waals surface area (Å²) in [4.78, 5) is 2.34. The highest BCUT2D eigenvalue weighted by molar-refractivity contribution is 4.99. The van der Waals surface area contributed by atoms with E-state index in [4.69, 9.17) is 9.15 Å². The van der Waals surface area contributed by atoms with Crippen LogP contribution in [-0.4, -0.2) is 44.4 Å². The smallest absolute Gasteiger partial charge is 0.165 e. The summed E-state index contributed by atoms with van der Waals surface area (Å²) in [6, 6.07) is 4.41. The van der Waals surface area contributed by atoms with Gasteiger partial charge in [0.15, 0.2) is 5.82 Å². The van der Waals surface area contributed by atoms with E-state index in [0.29, 0.717) is 12.1 Å². The molecule has 2 aromatic heterocycles. The van der Waals surface area contributed by atoms with Crippen LogP contribution in [0.3, 0.4) is 0 Å². The molecule has 24 heavy (non-hydrogen) atoms. The predicted molar refractivity (Wildman–Crippen MR) is 87.1 cm³/mol. The van der Waals surface area contributed by atoms with Crippen molar-refractivity contribution in [2.24, 2.45) is 0 Å². The molecule has 0 spiro atoms. The summed E-state index contributed by atoms with van der Waals surface area (Å²) in [5.41, 5.74) is 0. The fourth-order valence-electron chi connectivity index (χ4n) is 3.83. The molecule has 1 saturated heterocycles. The lowest BCUT2D eigenvalue weighted by atomic mass is 10.2. The zero-order valence-electron chi connectivity index (χ0n) is 14.0. The van der Waals surface area contributed by atoms with Crippen molar-refractivity contribution in [3.05, 3.63) is 30.0 Å². The van der Waals surface area contributed by atoms with E-state index >= 15 is 0 Å². The van der Waals surface area contributed by atoms with E-state index in [1.54, 1.807) is 6.26 Å². The summed E-state index contributed by atoms with van der Waals surface area (Å²) in [6.45, 7) is 3.24. The van der Waals surface area contributed by atoms with Crippen LogP contribution in [0.1, 0.15) is 56.2 Å². The number of hydrogen-bond acceptors (Lipinski definition) is 6. The van der Waals surface area contributed by atoms with E-state index in [0.717, 1.165) is 50.7 Å². The molecule has 3 heterocycles. The van der Waals surface area contributed by atoms with Crippen LogP contribution in [-0.2, 0) is 17.8 Å². The standard InChI is InChI=1S/C17H25N5O2/c1-2-6-14(5-1)22-17(18-19-20-22)13-21(11-15-7-3-9-23-15)12-16-8-4-10-24-16/h3,7,9,14,16H,1-2,4-6,8,10-13H2. The first-order valence-electron chi connectivity index (χ1n) is 9.01. The van der Waals surface area contributed by atoms with Gasteiger partial charge in [-0.05, 0) is 48.2 Å². The molecule has 1 aliphatic heterocycles. The fourth-order valence-corrected chi connectivity index (χ4v) is 3.83. The minimum Gasteiger partial charge on any atom is -0.468 e. The third kappa shape index (κ3) is 3.67. The molecular formula is C17H25N5O2. The highest BCUT2D eigenvalue weighted by Crippen LogP contribution is 2.29. The molecule has 2 aromatic rings. The van der Waals surface area contributed by atoms with Crippen LogP contribution in [0.25, 0.3) is 0 Å². The topological polar surface area (TPSA) is 69.2 Å². The molecule has 2 fully saturated rings. The third-order valence-electron chi connectivity index (χ3n) is 5.04. The van der Waals surface area contributed by atoms with E-state index in [2.05, 4.69) is 20.4 Å². The average Bonchev–Trinajstić information content (AvgIpc) is 3.37. The third-order valence-corrected chi connectivity index (χ3v) is 5.04. The molecule has 2 aliphatic rings. The second-order valence-electron chi connectivity index (χ2n) is 6.86. The van der Waals surface area contributed by atoms with Gasteiger partial charge in [0.2, 0.25) is 0 Å². The highest BCUT2D eigenvalue weighted by atomic mass is 16.5. The molecule has 0 bridgehead atoms. The molecule has 7 nitrogen and oxygen atoms in total. The van der Waals surface area contributed by atoms with Crippen LogP contribution >= 0.6 is 0 Å². The van der Waals surface area contributed by atoms with Crippen molar-refractivity contribution in [3.8, 4) is 0 Å². The zero-order chi connectivity index (χ0) is 16.2. The van der Waals surface area contributed by atoms with E-state index in [-0.39, 0.29) is 0 Å². The number of hydrogen-bond donors (Lipinski definition) is 0. The van der Waals surface area contributed by atoms with Crippen LogP contribution in [0.15, 0.2) is 22.8 Å². The first-order valence-corrected chi connectivity index (χ1v) is 9.01. The van der Waals surface area contributed by atoms with Gasteiger partial charge in [-0.15, -0.1) is 5.10 Å². The molecular weight excluding hydrogens is 306 g/mol. The summed E-state index contributed by atoms with van der Waals surface area (Å²) in [6.07, 6.45) is 9.22. The second-order valence-corrected chi connectivity index (χ2v) is 6.86. The molecule has 1 saturated carbocycles. The highest BCUT2D eigenvalue weighted by Gasteiger charge is 2.25. The first kappa shape index (κ1) is 15.8. The minimum atomic E-state index is 0.302. The summed E-state index contributed by atoms with van der Waals surface area (Å²) in [5, 5.41) is 12.5. The van der Waals surface area contributed by atoms with Crippen LogP contribution in [0.4, 0.5) is 0 Å². The van der Waals surface area contributed by atoms with Crippen molar-refractivity contribution >= 4 is 0 Å². The number of aromatic nitrogens is 4. The molecule has 7 heteroatoms. The Bertz CT molecular complexity index is 615. The lowest BCUT2D eigenvalue weighted by Gasteiger charge is -2.24. The lowest BCUT2D eigenvalue weighted by molar-refractivity contribution is 0.0637. The van der Waals surface area contributed by atoms with Crippen molar-refractivity contribution in [2.75, 3.05) is 13.2 Å². The SMILES string of the molecule is c1coc(CN(Cc2nnnn2C2CCCC2)CC2CCCO2)c1. The van der Waals surface area contributed by atoms with Crippen molar-refractivity contribution < 1.29 is 9.15 Å². The van der Waals surface area contributed by atoms with Gasteiger partial charge >= 0.3 is 0 Å². The Morgan fingerprint density at radius 1 is 1.17 bits per heavy atom. The fraction of sp³-hybridized carbons (Fsp3) is 0.706. The Balaban J connectivity index is 1.47. The predicted octanol–water partition coefficient (Wildman–Crippen LogP) is 2.56. The maximum atomic E-state index is 5.82. The number of tetrazole rings is 1. The van der Waals surface area contributed by atoms with Gasteiger partial charge in [0.1, 0.15) is 5.76 Å². The summed E-state index contributed by atoms with van der Waals surface area (Å²) in [7, 11) is 0. The summed E-state index contributed by atoms with van der Waals surface area (Å²) in [5.74, 6) is 1.92. The van der Waals surface area contributed by atoms with E-state index in [1.165, 1.54) is 25.7 Å². The van der Waals surface area contributed by atoms with Gasteiger partial charge in [-0.1, -0.05) is 12.8 Å². The Labute approximate surface area is 142 Å². The minimum absolute atomic E-state index is 0.302. The van der Waals surface area contributed by atoms with Gasteiger partial charge in [-0.3, -0.25) is 4.90 Å². The summed E-state index contributed by atoms with van der Waals surface area (Å²) >= 11 is 0. The Hall–Kier alpha value is -1.73. The van der Waals surface area contributed by atoms with Crippen molar-refractivity contribution in [1.29, 1.82) is 0 Å². The molecule has 1 unspecified atom stereocenters. The van der Waals surface area contributed by atoms with Gasteiger partial charge in [0, 0.05) is 13.2 Å². The molecule has 0 radical (unpaired) electrons. The van der Waals surface area contributed by atoms with Gasteiger partial charge in [0.25, 0.3) is 0 Å². The maximum Gasteiger partial charge on any atom is 0.165 e. The number of ether oxygens (including phenoxy) is 1. The second kappa shape index (κ2) is 7.44. The molecule has 130 valence electrons. The van der Waals surface area contributed by atoms with Gasteiger partial charge in [-0.2, -0.15) is 0 Å². The van der Waals surface area contributed by atoms with Crippen LogP contribution in [0.5, 0.6) is 0 Å². The Kier molecular flexibility index (Phi) is 4.89. The van der Waals surface area contributed by atoms with Crippen molar-refractivity contribution in [3.63, 3.8) is 0 Å². The van der Waals surface area contributed by atoms with Crippen LogP contribution < -0.4 is 0 Å². The van der Waals surface area contributed by atoms with Crippen molar-refractivity contribution in [1.82, 2.24) is 25.1 Å². The average molecular weight is 331 g/mol. The van der Waals surface area contributed by atoms with Crippen molar-refractivity contribution in [2.45, 2.75) is 63.8 Å². The van der Waals surface area contributed by atoms with Gasteiger partial charge < -0.3 is 9.15 Å². The number of rotatable bonds is 7. The Morgan fingerprint density at radius 3 is 2.83 bits per heavy atom. The summed E-state index contributed by atoms with van der Waals surface area (Å²) < 4.78 is 13.4. The molecule has 1 atom stereocenters. The quantitative estimate of drug-likeness (QED) is 0.777. The normalized spacial score (nSPS) is 22.0. The van der Waals surface area contributed by atoms with E-state index in [1.807, 2.05) is 16.8 Å². The number of nitrogens with zero attached hydrogens (tertiary/aromatic N) is 5. The van der Waals surface area contributed by atoms with Gasteiger partial charge in [0.05, 0.1) is 31.5 Å². The zero-order valence-corrected chi connectivity index (χ0v) is 14.0. The van der Waals surface area contributed by atoms with Crippen LogP contribution in [0, 0.1) is 0 Å². The first-order chi connectivity index (χ1) is 11.9. The molecule has 0 aromatic carbocycles.